The number of benzene rings is 1. The molecule has 2 rings (SSSR count). The smallest absolute Gasteiger partial charge is 0.227 e. The predicted octanol–water partition coefficient (Wildman–Crippen LogP) is 2.00. The number of aryl methyl sites for hydroxylation is 1. The Hall–Kier alpha value is -2.14. The van der Waals surface area contributed by atoms with Gasteiger partial charge in [-0.15, -0.1) is 0 Å². The number of aromatic amines is 1. The van der Waals surface area contributed by atoms with Crippen molar-refractivity contribution in [3.05, 3.63) is 47.7 Å². The summed E-state index contributed by atoms with van der Waals surface area (Å²) in [5.41, 5.74) is 7.93. The Morgan fingerprint density at radius 2 is 2.16 bits per heavy atom. The van der Waals surface area contributed by atoms with Crippen LogP contribution < -0.4 is 11.1 Å². The van der Waals surface area contributed by atoms with Gasteiger partial charge in [-0.05, 0) is 12.0 Å². The lowest BCUT2D eigenvalue weighted by atomic mass is 10.0. The second-order valence-electron chi connectivity index (χ2n) is 4.40. The van der Waals surface area contributed by atoms with E-state index in [1.807, 2.05) is 43.3 Å². The van der Waals surface area contributed by atoms with E-state index in [1.165, 1.54) is 0 Å². The highest BCUT2D eigenvalue weighted by Gasteiger charge is 2.12. The highest BCUT2D eigenvalue weighted by Crippen LogP contribution is 2.14. The van der Waals surface area contributed by atoms with Crippen LogP contribution >= 0.6 is 0 Å². The van der Waals surface area contributed by atoms with Crippen molar-refractivity contribution in [1.82, 2.24) is 10.2 Å². The monoisotopic (exact) mass is 258 g/mol. The van der Waals surface area contributed by atoms with E-state index in [1.54, 1.807) is 0 Å². The van der Waals surface area contributed by atoms with Crippen LogP contribution in [0.3, 0.4) is 0 Å². The normalized spacial score (nSPS) is 12.1. The van der Waals surface area contributed by atoms with Gasteiger partial charge in [0.25, 0.3) is 0 Å². The van der Waals surface area contributed by atoms with Crippen LogP contribution in [0, 0.1) is 0 Å². The number of hydrogen-bond donors (Lipinski definition) is 3. The molecule has 1 aromatic carbocycles. The number of anilines is 1. The lowest BCUT2D eigenvalue weighted by molar-refractivity contribution is -0.116. The minimum Gasteiger partial charge on any atom is -0.324 e. The number of hydrogen-bond acceptors (Lipinski definition) is 3. The molecule has 1 unspecified atom stereocenters. The molecule has 1 amide bonds. The van der Waals surface area contributed by atoms with Crippen molar-refractivity contribution in [3.63, 3.8) is 0 Å². The Morgan fingerprint density at radius 3 is 2.79 bits per heavy atom. The van der Waals surface area contributed by atoms with E-state index in [-0.39, 0.29) is 18.4 Å². The fourth-order valence-electron chi connectivity index (χ4n) is 1.82. The number of nitrogens with one attached hydrogen (secondary N) is 2. The standard InChI is InChI=1S/C14H18N4O/c1-2-11-8-13(18-17-11)16-14(19)9-12(15)10-6-4-3-5-7-10/h3-8,12H,2,9,15H2,1H3,(H2,16,17,18,19). The summed E-state index contributed by atoms with van der Waals surface area (Å²) in [6, 6.07) is 11.1. The van der Waals surface area contributed by atoms with E-state index in [0.29, 0.717) is 5.82 Å². The Bertz CT molecular complexity index is 535. The van der Waals surface area contributed by atoms with E-state index in [0.717, 1.165) is 17.7 Å². The fraction of sp³-hybridized carbons (Fsp3) is 0.286. The molecule has 100 valence electrons. The van der Waals surface area contributed by atoms with Gasteiger partial charge >= 0.3 is 0 Å². The Balaban J connectivity index is 1.91. The Kier molecular flexibility index (Phi) is 4.30. The van der Waals surface area contributed by atoms with Crippen LogP contribution in [0.2, 0.25) is 0 Å². The van der Waals surface area contributed by atoms with Crippen LogP contribution in [-0.4, -0.2) is 16.1 Å². The van der Waals surface area contributed by atoms with Crippen molar-refractivity contribution in [2.45, 2.75) is 25.8 Å². The molecule has 1 heterocycles. The number of carbonyl (C=O) groups excluding carboxylic acids is 1. The van der Waals surface area contributed by atoms with Gasteiger partial charge in [0.1, 0.15) is 0 Å². The lowest BCUT2D eigenvalue weighted by Crippen LogP contribution is -2.20. The average Bonchev–Trinajstić information content (AvgIpc) is 2.87. The van der Waals surface area contributed by atoms with Gasteiger partial charge in [-0.1, -0.05) is 37.3 Å². The molecule has 0 radical (unpaired) electrons. The first-order valence-electron chi connectivity index (χ1n) is 6.33. The summed E-state index contributed by atoms with van der Waals surface area (Å²) in [5.74, 6) is 0.410. The van der Waals surface area contributed by atoms with Crippen LogP contribution in [-0.2, 0) is 11.2 Å². The summed E-state index contributed by atoms with van der Waals surface area (Å²) in [5, 5.41) is 9.60. The molecule has 0 spiro atoms. The summed E-state index contributed by atoms with van der Waals surface area (Å²) in [6.45, 7) is 2.02. The number of amides is 1. The quantitative estimate of drug-likeness (QED) is 0.767. The molecular weight excluding hydrogens is 240 g/mol. The van der Waals surface area contributed by atoms with Crippen molar-refractivity contribution < 1.29 is 4.79 Å². The second kappa shape index (κ2) is 6.15. The molecule has 1 atom stereocenters. The topological polar surface area (TPSA) is 83.8 Å². The van der Waals surface area contributed by atoms with E-state index in [4.69, 9.17) is 5.73 Å². The molecule has 2 aromatic rings. The maximum atomic E-state index is 11.8. The summed E-state index contributed by atoms with van der Waals surface area (Å²) in [6.07, 6.45) is 1.09. The molecular formula is C14H18N4O. The molecule has 19 heavy (non-hydrogen) atoms. The molecule has 0 fully saturated rings. The van der Waals surface area contributed by atoms with Crippen molar-refractivity contribution in [2.24, 2.45) is 5.73 Å². The molecule has 0 saturated carbocycles. The van der Waals surface area contributed by atoms with Crippen molar-refractivity contribution in [1.29, 1.82) is 0 Å². The van der Waals surface area contributed by atoms with Crippen LogP contribution in [0.5, 0.6) is 0 Å². The van der Waals surface area contributed by atoms with E-state index in [2.05, 4.69) is 15.5 Å². The zero-order valence-electron chi connectivity index (χ0n) is 10.9. The van der Waals surface area contributed by atoms with E-state index in [9.17, 15) is 4.79 Å². The first kappa shape index (κ1) is 13.3. The van der Waals surface area contributed by atoms with Crippen molar-refractivity contribution in [2.75, 3.05) is 5.32 Å². The highest BCUT2D eigenvalue weighted by atomic mass is 16.1. The molecule has 0 aliphatic rings. The number of carbonyl (C=O) groups is 1. The first-order chi connectivity index (χ1) is 9.19. The van der Waals surface area contributed by atoms with Crippen LogP contribution in [0.15, 0.2) is 36.4 Å². The Morgan fingerprint density at radius 1 is 1.42 bits per heavy atom. The van der Waals surface area contributed by atoms with E-state index < -0.39 is 0 Å². The first-order valence-corrected chi connectivity index (χ1v) is 6.33. The van der Waals surface area contributed by atoms with Crippen molar-refractivity contribution >= 4 is 11.7 Å². The fourth-order valence-corrected chi connectivity index (χ4v) is 1.82. The van der Waals surface area contributed by atoms with Crippen LogP contribution in [0.4, 0.5) is 5.82 Å². The second-order valence-corrected chi connectivity index (χ2v) is 4.40. The van der Waals surface area contributed by atoms with Gasteiger partial charge in [0.05, 0.1) is 0 Å². The van der Waals surface area contributed by atoms with Crippen LogP contribution in [0.1, 0.15) is 30.6 Å². The van der Waals surface area contributed by atoms with Gasteiger partial charge in [0.2, 0.25) is 5.91 Å². The maximum Gasteiger partial charge on any atom is 0.227 e. The largest absolute Gasteiger partial charge is 0.324 e. The number of nitrogens with two attached hydrogens (primary N) is 1. The minimum atomic E-state index is -0.300. The zero-order chi connectivity index (χ0) is 13.7. The molecule has 0 saturated heterocycles. The molecule has 1 aromatic heterocycles. The molecule has 0 aliphatic carbocycles. The summed E-state index contributed by atoms with van der Waals surface area (Å²) < 4.78 is 0. The SMILES string of the molecule is CCc1cc(NC(=O)CC(N)c2ccccc2)n[nH]1. The number of H-pyrrole nitrogens is 1. The molecule has 0 bridgehead atoms. The molecule has 0 aliphatic heterocycles. The average molecular weight is 258 g/mol. The Labute approximate surface area is 112 Å². The van der Waals surface area contributed by atoms with Crippen molar-refractivity contribution in [3.8, 4) is 0 Å². The van der Waals surface area contributed by atoms with Gasteiger partial charge in [0, 0.05) is 24.2 Å². The number of rotatable bonds is 5. The van der Waals surface area contributed by atoms with E-state index >= 15 is 0 Å². The van der Waals surface area contributed by atoms with Gasteiger partial charge in [-0.3, -0.25) is 9.89 Å². The summed E-state index contributed by atoms with van der Waals surface area (Å²) in [7, 11) is 0. The summed E-state index contributed by atoms with van der Waals surface area (Å²) >= 11 is 0. The van der Waals surface area contributed by atoms with Gasteiger partial charge in [-0.2, -0.15) is 5.10 Å². The molecule has 5 nitrogen and oxygen atoms in total. The third kappa shape index (κ3) is 3.66. The lowest BCUT2D eigenvalue weighted by Gasteiger charge is -2.10. The third-order valence-corrected chi connectivity index (χ3v) is 2.91. The minimum absolute atomic E-state index is 0.134. The third-order valence-electron chi connectivity index (χ3n) is 2.91. The maximum absolute atomic E-state index is 11.8. The number of aromatic nitrogens is 2. The molecule has 5 heteroatoms. The molecule has 4 N–H and O–H groups in total. The van der Waals surface area contributed by atoms with Gasteiger partial charge in [-0.25, -0.2) is 0 Å². The number of nitrogens with zero attached hydrogens (tertiary/aromatic N) is 1. The van der Waals surface area contributed by atoms with Gasteiger partial charge in [0.15, 0.2) is 5.82 Å². The summed E-state index contributed by atoms with van der Waals surface area (Å²) in [4.78, 5) is 11.8. The highest BCUT2D eigenvalue weighted by molar-refractivity contribution is 5.90. The zero-order valence-corrected chi connectivity index (χ0v) is 10.9. The predicted molar refractivity (Wildman–Crippen MR) is 74.6 cm³/mol. The van der Waals surface area contributed by atoms with Gasteiger partial charge < -0.3 is 11.1 Å². The van der Waals surface area contributed by atoms with Crippen LogP contribution in [0.25, 0.3) is 0 Å².